The van der Waals surface area contributed by atoms with Gasteiger partial charge in [-0.25, -0.2) is 9.78 Å². The van der Waals surface area contributed by atoms with E-state index in [9.17, 15) is 37.5 Å². The maximum atomic E-state index is 13.5. The highest BCUT2D eigenvalue weighted by molar-refractivity contribution is 5.97. The normalized spacial score (nSPS) is 11.0. The molecule has 0 aliphatic carbocycles. The number of imidazole rings is 1. The minimum Gasteiger partial charge on any atom is -0.497 e. The number of esters is 1. The number of methoxy groups -OCH3 is 1. The minimum atomic E-state index is -4.70. The average Bonchev–Trinajstić information content (AvgIpc) is 3.63. The highest BCUT2D eigenvalue weighted by Crippen LogP contribution is 2.35. The SMILES string of the molecule is COc1ccc(CC(=O)Nc2ccc(C(=O)N(CC(=O)O)Cc3ccc(OC(=O)c4ccccc4-n4ccnc4)cc3)cc2)c(C(F)(F)F)c1. The number of rotatable bonds is 12. The summed E-state index contributed by atoms with van der Waals surface area (Å²) in [5.74, 6) is -2.96. The first-order valence-corrected chi connectivity index (χ1v) is 14.9. The Labute approximate surface area is 283 Å². The second kappa shape index (κ2) is 15.2. The molecule has 0 spiro atoms. The third kappa shape index (κ3) is 8.72. The third-order valence-electron chi connectivity index (χ3n) is 7.42. The van der Waals surface area contributed by atoms with Crippen molar-refractivity contribution in [3.05, 3.63) is 138 Å². The Kier molecular flexibility index (Phi) is 10.6. The number of carboxylic acids is 1. The minimum absolute atomic E-state index is 0.000898. The van der Waals surface area contributed by atoms with Crippen LogP contribution in [0, 0.1) is 0 Å². The third-order valence-corrected chi connectivity index (χ3v) is 7.42. The zero-order chi connectivity index (χ0) is 35.8. The van der Waals surface area contributed by atoms with Gasteiger partial charge in [-0.05, 0) is 71.8 Å². The van der Waals surface area contributed by atoms with Gasteiger partial charge in [0.25, 0.3) is 5.91 Å². The quantitative estimate of drug-likeness (QED) is 0.120. The molecule has 5 aromatic rings. The Morgan fingerprint density at radius 2 is 1.62 bits per heavy atom. The molecule has 50 heavy (non-hydrogen) atoms. The standard InChI is InChI=1S/C36H29F3N4O7/c1-49-28-15-10-25(30(19-28)36(37,38)39)18-32(44)41-26-11-8-24(9-12-26)34(47)43(21-33(45)46)20-23-6-13-27(14-7-23)50-35(48)29-4-2-3-5-31(29)42-17-16-40-22-42/h2-17,19,22H,18,20-21H2,1H3,(H,41,44)(H,45,46). The van der Waals surface area contributed by atoms with E-state index >= 15 is 0 Å². The van der Waals surface area contributed by atoms with E-state index in [2.05, 4.69) is 10.3 Å². The molecule has 2 N–H and O–H groups in total. The molecular formula is C36H29F3N4O7. The molecule has 0 saturated heterocycles. The van der Waals surface area contributed by atoms with Gasteiger partial charge in [0.2, 0.25) is 5.91 Å². The van der Waals surface area contributed by atoms with Gasteiger partial charge in [-0.15, -0.1) is 0 Å². The fourth-order valence-electron chi connectivity index (χ4n) is 5.04. The van der Waals surface area contributed by atoms with E-state index in [1.807, 2.05) is 0 Å². The van der Waals surface area contributed by atoms with Gasteiger partial charge in [0.1, 0.15) is 18.0 Å². The van der Waals surface area contributed by atoms with Crippen LogP contribution in [0.5, 0.6) is 11.5 Å². The number of aliphatic carboxylic acids is 1. The van der Waals surface area contributed by atoms with E-state index in [-0.39, 0.29) is 34.9 Å². The number of alkyl halides is 3. The van der Waals surface area contributed by atoms with Crippen molar-refractivity contribution < 1.29 is 46.9 Å². The van der Waals surface area contributed by atoms with E-state index in [1.165, 1.54) is 55.6 Å². The summed E-state index contributed by atoms with van der Waals surface area (Å²) in [7, 11) is 1.24. The number of nitrogens with one attached hydrogen (secondary N) is 1. The lowest BCUT2D eigenvalue weighted by molar-refractivity contribution is -0.139. The lowest BCUT2D eigenvalue weighted by Gasteiger charge is -2.21. The Balaban J connectivity index is 1.22. The Morgan fingerprint density at radius 3 is 2.26 bits per heavy atom. The molecule has 0 bridgehead atoms. The molecule has 0 fully saturated rings. The number of amides is 2. The molecule has 0 atom stereocenters. The van der Waals surface area contributed by atoms with Crippen LogP contribution in [0.25, 0.3) is 5.69 Å². The summed E-state index contributed by atoms with van der Waals surface area (Å²) in [5.41, 5.74) is 0.545. The number of aromatic nitrogens is 2. The summed E-state index contributed by atoms with van der Waals surface area (Å²) in [4.78, 5) is 55.6. The smallest absolute Gasteiger partial charge is 0.416 e. The number of nitrogens with zero attached hydrogens (tertiary/aromatic N) is 3. The van der Waals surface area contributed by atoms with Crippen LogP contribution in [0.15, 0.2) is 110 Å². The number of carboxylic acid groups (broad SMARTS) is 1. The number of hydrogen-bond acceptors (Lipinski definition) is 7. The molecule has 0 aliphatic rings. The molecule has 14 heteroatoms. The van der Waals surface area contributed by atoms with Gasteiger partial charge >= 0.3 is 18.1 Å². The van der Waals surface area contributed by atoms with Crippen molar-refractivity contribution in [3.63, 3.8) is 0 Å². The number of para-hydroxylation sites is 1. The van der Waals surface area contributed by atoms with Crippen molar-refractivity contribution in [1.29, 1.82) is 0 Å². The first-order chi connectivity index (χ1) is 23.9. The average molecular weight is 687 g/mol. The summed E-state index contributed by atoms with van der Waals surface area (Å²) in [6.07, 6.45) is -0.427. The molecule has 4 aromatic carbocycles. The van der Waals surface area contributed by atoms with Crippen LogP contribution >= 0.6 is 0 Å². The summed E-state index contributed by atoms with van der Waals surface area (Å²) >= 11 is 0. The monoisotopic (exact) mass is 686 g/mol. The molecule has 2 amide bonds. The van der Waals surface area contributed by atoms with Gasteiger partial charge < -0.3 is 29.4 Å². The molecule has 11 nitrogen and oxygen atoms in total. The van der Waals surface area contributed by atoms with Crippen LogP contribution in [0.2, 0.25) is 0 Å². The molecule has 256 valence electrons. The number of halogens is 3. The van der Waals surface area contributed by atoms with E-state index in [0.29, 0.717) is 16.8 Å². The predicted molar refractivity (Wildman–Crippen MR) is 174 cm³/mol. The van der Waals surface area contributed by atoms with Gasteiger partial charge in [-0.2, -0.15) is 13.2 Å². The molecule has 0 unspecified atom stereocenters. The number of hydrogen-bond donors (Lipinski definition) is 2. The lowest BCUT2D eigenvalue weighted by Crippen LogP contribution is -2.35. The second-order valence-corrected chi connectivity index (χ2v) is 10.9. The molecule has 0 saturated carbocycles. The van der Waals surface area contributed by atoms with Crippen molar-refractivity contribution in [2.75, 3.05) is 19.0 Å². The fraction of sp³-hybridized carbons (Fsp3) is 0.139. The summed E-state index contributed by atoms with van der Waals surface area (Å²) in [6, 6.07) is 21.9. The fourth-order valence-corrected chi connectivity index (χ4v) is 5.04. The summed E-state index contributed by atoms with van der Waals surface area (Å²) < 4.78 is 52.7. The van der Waals surface area contributed by atoms with E-state index < -0.39 is 48.5 Å². The maximum Gasteiger partial charge on any atom is 0.416 e. The van der Waals surface area contributed by atoms with Gasteiger partial charge in [0.05, 0.1) is 36.7 Å². The van der Waals surface area contributed by atoms with Crippen molar-refractivity contribution >= 4 is 29.4 Å². The second-order valence-electron chi connectivity index (χ2n) is 10.9. The van der Waals surface area contributed by atoms with Crippen molar-refractivity contribution in [3.8, 4) is 17.2 Å². The predicted octanol–water partition coefficient (Wildman–Crippen LogP) is 6.03. The maximum absolute atomic E-state index is 13.5. The van der Waals surface area contributed by atoms with Crippen LogP contribution in [0.4, 0.5) is 18.9 Å². The highest BCUT2D eigenvalue weighted by atomic mass is 19.4. The number of anilines is 1. The van der Waals surface area contributed by atoms with Crippen LogP contribution in [0.1, 0.15) is 37.4 Å². The first kappa shape index (κ1) is 34.9. The Morgan fingerprint density at radius 1 is 0.920 bits per heavy atom. The lowest BCUT2D eigenvalue weighted by atomic mass is 10.0. The molecule has 0 aliphatic heterocycles. The van der Waals surface area contributed by atoms with Gasteiger partial charge in [0, 0.05) is 30.2 Å². The number of benzene rings is 4. The zero-order valence-electron chi connectivity index (χ0n) is 26.4. The summed E-state index contributed by atoms with van der Waals surface area (Å²) in [6.45, 7) is -0.715. The molecular weight excluding hydrogens is 657 g/mol. The number of ether oxygens (including phenoxy) is 2. The Bertz CT molecular complexity index is 2000. The van der Waals surface area contributed by atoms with E-state index in [0.717, 1.165) is 11.0 Å². The van der Waals surface area contributed by atoms with Crippen molar-refractivity contribution in [1.82, 2.24) is 14.5 Å². The van der Waals surface area contributed by atoms with Crippen LogP contribution in [-0.2, 0) is 28.7 Å². The topological polar surface area (TPSA) is 140 Å². The zero-order valence-corrected chi connectivity index (χ0v) is 26.4. The van der Waals surface area contributed by atoms with E-state index in [4.69, 9.17) is 9.47 Å². The number of carbonyl (C=O) groups is 4. The largest absolute Gasteiger partial charge is 0.497 e. The van der Waals surface area contributed by atoms with Crippen molar-refractivity contribution in [2.45, 2.75) is 19.1 Å². The van der Waals surface area contributed by atoms with Gasteiger partial charge in [-0.1, -0.05) is 30.3 Å². The summed E-state index contributed by atoms with van der Waals surface area (Å²) in [5, 5.41) is 12.0. The first-order valence-electron chi connectivity index (χ1n) is 14.9. The van der Waals surface area contributed by atoms with Crippen LogP contribution in [-0.4, -0.2) is 57.0 Å². The highest BCUT2D eigenvalue weighted by Gasteiger charge is 2.34. The van der Waals surface area contributed by atoms with Gasteiger partial charge in [0.15, 0.2) is 0 Å². The molecule has 0 radical (unpaired) electrons. The Hall–Kier alpha value is -6.44. The number of carbonyl (C=O) groups excluding carboxylic acids is 3. The van der Waals surface area contributed by atoms with Crippen molar-refractivity contribution in [2.24, 2.45) is 0 Å². The van der Waals surface area contributed by atoms with Crippen LogP contribution in [0.3, 0.4) is 0 Å². The van der Waals surface area contributed by atoms with Crippen LogP contribution < -0.4 is 14.8 Å². The van der Waals surface area contributed by atoms with Gasteiger partial charge in [-0.3, -0.25) is 14.4 Å². The molecule has 1 heterocycles. The molecule has 5 rings (SSSR count). The van der Waals surface area contributed by atoms with E-state index in [1.54, 1.807) is 59.7 Å². The molecule has 1 aromatic heterocycles.